The maximum absolute atomic E-state index is 13.0. The van der Waals surface area contributed by atoms with Crippen molar-refractivity contribution in [1.29, 1.82) is 0 Å². The first-order valence-electron chi connectivity index (χ1n) is 5.50. The van der Waals surface area contributed by atoms with Gasteiger partial charge in [0.05, 0.1) is 18.4 Å². The molecule has 10 heteroatoms. The van der Waals surface area contributed by atoms with Crippen molar-refractivity contribution in [3.05, 3.63) is 23.0 Å². The first-order valence-corrected chi connectivity index (χ1v) is 6.62. The fraction of sp³-hybridized carbons (Fsp3) is 0.455. The van der Waals surface area contributed by atoms with E-state index in [4.69, 9.17) is 0 Å². The average molecular weight is 378 g/mol. The molecule has 0 aliphatic carbocycles. The van der Waals surface area contributed by atoms with Crippen molar-refractivity contribution >= 4 is 21.9 Å². The number of pyridine rings is 1. The minimum Gasteiger partial charge on any atom is -0.461 e. The first kappa shape index (κ1) is 17.6. The zero-order chi connectivity index (χ0) is 16.2. The Hall–Kier alpha value is -1.45. The molecule has 0 saturated carbocycles. The number of rotatable bonds is 5. The summed E-state index contributed by atoms with van der Waals surface area (Å²) >= 11 is 2.84. The van der Waals surface area contributed by atoms with Crippen LogP contribution in [0.3, 0.4) is 0 Å². The molecular formula is C11H9BrF5NO3. The Morgan fingerprint density at radius 3 is 2.48 bits per heavy atom. The second-order valence-corrected chi connectivity index (χ2v) is 4.13. The Balaban J connectivity index is 3.41. The van der Waals surface area contributed by atoms with E-state index < -0.39 is 41.3 Å². The molecule has 0 atom stereocenters. The van der Waals surface area contributed by atoms with Crippen molar-refractivity contribution in [2.75, 3.05) is 6.61 Å². The van der Waals surface area contributed by atoms with Crippen LogP contribution in [0, 0.1) is 0 Å². The van der Waals surface area contributed by atoms with Gasteiger partial charge < -0.3 is 9.47 Å². The van der Waals surface area contributed by atoms with Crippen molar-refractivity contribution in [1.82, 2.24) is 4.98 Å². The Morgan fingerprint density at radius 2 is 2.05 bits per heavy atom. The molecule has 0 spiro atoms. The zero-order valence-corrected chi connectivity index (χ0v) is 12.1. The molecule has 1 aromatic rings. The third-order valence-electron chi connectivity index (χ3n) is 2.23. The number of alkyl halides is 6. The van der Waals surface area contributed by atoms with E-state index in [1.54, 1.807) is 0 Å². The van der Waals surface area contributed by atoms with Gasteiger partial charge in [-0.05, 0) is 6.92 Å². The van der Waals surface area contributed by atoms with Crippen LogP contribution in [0.15, 0.2) is 6.20 Å². The van der Waals surface area contributed by atoms with Crippen LogP contribution in [0.1, 0.15) is 35.0 Å². The quantitative estimate of drug-likeness (QED) is 0.442. The van der Waals surface area contributed by atoms with Crippen LogP contribution in [0.25, 0.3) is 0 Å². The van der Waals surface area contributed by atoms with E-state index in [9.17, 15) is 26.7 Å². The molecule has 0 amide bonds. The van der Waals surface area contributed by atoms with Crippen LogP contribution >= 0.6 is 15.9 Å². The highest BCUT2D eigenvalue weighted by molar-refractivity contribution is 9.08. The molecule has 0 saturated heterocycles. The predicted octanol–water partition coefficient (Wildman–Crippen LogP) is 3.99. The lowest BCUT2D eigenvalue weighted by Gasteiger charge is -2.17. The number of carbonyl (C=O) groups excluding carboxylic acids is 1. The predicted molar refractivity (Wildman–Crippen MR) is 64.5 cm³/mol. The smallest absolute Gasteiger partial charge is 0.461 e. The third kappa shape index (κ3) is 4.51. The van der Waals surface area contributed by atoms with E-state index >= 15 is 0 Å². The molecule has 4 nitrogen and oxygen atoms in total. The molecule has 0 aliphatic rings. The second kappa shape index (κ2) is 7.01. The SMILES string of the molecule is CCOC(=O)c1ncc(OC(F)(F)F)c(C(F)F)c1CBr. The van der Waals surface area contributed by atoms with Gasteiger partial charge in [0, 0.05) is 10.9 Å². The van der Waals surface area contributed by atoms with Gasteiger partial charge in [0.2, 0.25) is 0 Å². The molecule has 1 rings (SSSR count). The standard InChI is InChI=1S/C11H9BrF5NO3/c1-2-20-10(19)8-5(3-12)7(9(13)14)6(4-18-8)21-11(15,16)17/h4,9H,2-3H2,1H3. The van der Waals surface area contributed by atoms with Crippen molar-refractivity contribution in [2.24, 2.45) is 0 Å². The third-order valence-corrected chi connectivity index (χ3v) is 2.79. The Morgan fingerprint density at radius 1 is 1.43 bits per heavy atom. The summed E-state index contributed by atoms with van der Waals surface area (Å²) in [6.45, 7) is 1.45. The summed E-state index contributed by atoms with van der Waals surface area (Å²) in [5.41, 5.74) is -1.95. The summed E-state index contributed by atoms with van der Waals surface area (Å²) in [5, 5.41) is -0.317. The maximum Gasteiger partial charge on any atom is 0.573 e. The van der Waals surface area contributed by atoms with Crippen LogP contribution in [0.4, 0.5) is 22.0 Å². The molecule has 0 radical (unpaired) electrons. The number of nitrogens with zero attached hydrogens (tertiary/aromatic N) is 1. The molecule has 1 aromatic heterocycles. The zero-order valence-electron chi connectivity index (χ0n) is 10.5. The molecular weight excluding hydrogens is 369 g/mol. The lowest BCUT2D eigenvalue weighted by atomic mass is 10.1. The summed E-state index contributed by atoms with van der Waals surface area (Å²) in [5.74, 6) is -2.16. The summed E-state index contributed by atoms with van der Waals surface area (Å²) < 4.78 is 70.8. The van der Waals surface area contributed by atoms with Gasteiger partial charge in [0.1, 0.15) is 0 Å². The summed E-state index contributed by atoms with van der Waals surface area (Å²) in [6.07, 6.45) is -8.01. The Labute approximate surface area is 124 Å². The molecule has 0 bridgehead atoms. The molecule has 0 unspecified atom stereocenters. The van der Waals surface area contributed by atoms with Gasteiger partial charge >= 0.3 is 12.3 Å². The minimum absolute atomic E-state index is 0.0347. The van der Waals surface area contributed by atoms with Crippen LogP contribution in [-0.4, -0.2) is 23.9 Å². The highest BCUT2D eigenvalue weighted by atomic mass is 79.9. The van der Waals surface area contributed by atoms with Gasteiger partial charge in [-0.15, -0.1) is 13.2 Å². The summed E-state index contributed by atoms with van der Waals surface area (Å²) in [6, 6.07) is 0. The molecule has 0 aliphatic heterocycles. The van der Waals surface area contributed by atoms with Gasteiger partial charge in [-0.3, -0.25) is 0 Å². The molecule has 0 N–H and O–H groups in total. The maximum atomic E-state index is 13.0. The van der Waals surface area contributed by atoms with Gasteiger partial charge in [-0.1, -0.05) is 15.9 Å². The van der Waals surface area contributed by atoms with Crippen molar-refractivity contribution in [3.63, 3.8) is 0 Å². The minimum atomic E-state index is -5.15. The summed E-state index contributed by atoms with van der Waals surface area (Å²) in [7, 11) is 0. The van der Waals surface area contributed by atoms with Crippen LogP contribution in [-0.2, 0) is 10.1 Å². The molecule has 1 heterocycles. The Bertz CT molecular complexity index is 521. The van der Waals surface area contributed by atoms with Gasteiger partial charge in [0.15, 0.2) is 11.4 Å². The topological polar surface area (TPSA) is 48.4 Å². The lowest BCUT2D eigenvalue weighted by Crippen LogP contribution is -2.20. The van der Waals surface area contributed by atoms with E-state index in [1.807, 2.05) is 0 Å². The van der Waals surface area contributed by atoms with Gasteiger partial charge in [-0.25, -0.2) is 18.6 Å². The normalized spacial score (nSPS) is 11.6. The van der Waals surface area contributed by atoms with Crippen molar-refractivity contribution in [3.8, 4) is 5.75 Å². The van der Waals surface area contributed by atoms with E-state index in [1.165, 1.54) is 6.92 Å². The molecule has 0 aromatic carbocycles. The summed E-state index contributed by atoms with van der Waals surface area (Å²) in [4.78, 5) is 15.0. The van der Waals surface area contributed by atoms with Crippen molar-refractivity contribution in [2.45, 2.75) is 25.0 Å². The van der Waals surface area contributed by atoms with E-state index in [0.29, 0.717) is 6.20 Å². The molecule has 0 fully saturated rings. The monoisotopic (exact) mass is 377 g/mol. The van der Waals surface area contributed by atoms with Crippen LogP contribution in [0.2, 0.25) is 0 Å². The van der Waals surface area contributed by atoms with E-state index in [0.717, 1.165) is 0 Å². The Kier molecular flexibility index (Phi) is 5.87. The number of halogens is 6. The highest BCUT2D eigenvalue weighted by Crippen LogP contribution is 2.37. The van der Waals surface area contributed by atoms with E-state index in [2.05, 4.69) is 30.4 Å². The van der Waals surface area contributed by atoms with Crippen molar-refractivity contribution < 1.29 is 36.2 Å². The van der Waals surface area contributed by atoms with Gasteiger partial charge in [0.25, 0.3) is 6.43 Å². The number of hydrogen-bond acceptors (Lipinski definition) is 4. The van der Waals surface area contributed by atoms with Gasteiger partial charge in [-0.2, -0.15) is 0 Å². The number of ether oxygens (including phenoxy) is 2. The molecule has 118 valence electrons. The van der Waals surface area contributed by atoms with E-state index in [-0.39, 0.29) is 11.9 Å². The highest BCUT2D eigenvalue weighted by Gasteiger charge is 2.35. The average Bonchev–Trinajstić information content (AvgIpc) is 2.35. The number of esters is 1. The number of hydrogen-bond donors (Lipinski definition) is 0. The number of carbonyl (C=O) groups is 1. The fourth-order valence-electron chi connectivity index (χ4n) is 1.50. The molecule has 21 heavy (non-hydrogen) atoms. The van der Waals surface area contributed by atoms with Crippen LogP contribution < -0.4 is 4.74 Å². The second-order valence-electron chi connectivity index (χ2n) is 3.57. The largest absolute Gasteiger partial charge is 0.573 e. The fourth-order valence-corrected chi connectivity index (χ4v) is 2.07. The first-order chi connectivity index (χ1) is 9.71. The van der Waals surface area contributed by atoms with Crippen LogP contribution in [0.5, 0.6) is 5.75 Å². The lowest BCUT2D eigenvalue weighted by molar-refractivity contribution is -0.275. The number of aromatic nitrogens is 1.